The van der Waals surface area contributed by atoms with Crippen molar-refractivity contribution in [3.8, 4) is 11.5 Å². The molecule has 0 aliphatic heterocycles. The van der Waals surface area contributed by atoms with Crippen LogP contribution in [0, 0.1) is 5.82 Å². The normalized spacial score (nSPS) is 11.0. The first-order chi connectivity index (χ1) is 13.2. The van der Waals surface area contributed by atoms with Crippen LogP contribution in [0.3, 0.4) is 0 Å². The fourth-order valence-corrected chi connectivity index (χ4v) is 4.09. The van der Waals surface area contributed by atoms with Gasteiger partial charge in [-0.3, -0.25) is 4.79 Å². The number of nitrogens with zero attached hydrogens (tertiary/aromatic N) is 1. The minimum absolute atomic E-state index is 0.102. The highest BCUT2D eigenvalue weighted by Crippen LogP contribution is 2.30. The molecule has 0 fully saturated rings. The van der Waals surface area contributed by atoms with Crippen LogP contribution in [0.4, 0.5) is 9.52 Å². The second-order valence-corrected chi connectivity index (χ2v) is 7.81. The number of furan rings is 1. The van der Waals surface area contributed by atoms with Gasteiger partial charge in [0, 0.05) is 27.8 Å². The lowest BCUT2D eigenvalue weighted by molar-refractivity contribution is -0.115. The molecule has 0 atom stereocenters. The van der Waals surface area contributed by atoms with Gasteiger partial charge in [-0.15, -0.1) is 23.1 Å². The van der Waals surface area contributed by atoms with E-state index in [1.54, 1.807) is 12.1 Å². The highest BCUT2D eigenvalue weighted by Gasteiger charge is 2.12. The summed E-state index contributed by atoms with van der Waals surface area (Å²) in [6.07, 6.45) is 0.349. The van der Waals surface area contributed by atoms with E-state index in [-0.39, 0.29) is 11.7 Å². The van der Waals surface area contributed by atoms with E-state index >= 15 is 0 Å². The van der Waals surface area contributed by atoms with Gasteiger partial charge in [-0.05, 0) is 36.4 Å². The molecule has 4 aromatic rings. The number of benzene rings is 2. The Kier molecular flexibility index (Phi) is 5.22. The molecule has 1 amide bonds. The zero-order chi connectivity index (χ0) is 18.6. The van der Waals surface area contributed by atoms with Gasteiger partial charge in [0.2, 0.25) is 5.91 Å². The van der Waals surface area contributed by atoms with E-state index in [1.165, 1.54) is 35.2 Å². The average molecular weight is 398 g/mol. The number of thioether (sulfide) groups is 1. The Hall–Kier alpha value is -2.64. The number of hydrogen-bond acceptors (Lipinski definition) is 5. The van der Waals surface area contributed by atoms with E-state index in [4.69, 9.17) is 4.42 Å². The molecule has 2 aromatic carbocycles. The molecule has 0 saturated carbocycles. The Morgan fingerprint density at radius 3 is 2.81 bits per heavy atom. The number of rotatable bonds is 6. The van der Waals surface area contributed by atoms with Crippen molar-refractivity contribution in [3.05, 3.63) is 65.8 Å². The molecule has 1 N–H and O–H groups in total. The average Bonchev–Trinajstić information content (AvgIpc) is 3.30. The number of carbonyl (C=O) groups excluding carboxylic acids is 1. The van der Waals surface area contributed by atoms with Crippen molar-refractivity contribution in [1.82, 2.24) is 4.98 Å². The van der Waals surface area contributed by atoms with Gasteiger partial charge < -0.3 is 9.73 Å². The monoisotopic (exact) mass is 398 g/mol. The maximum Gasteiger partial charge on any atom is 0.226 e. The molecule has 4 nitrogen and oxygen atoms in total. The third-order valence-electron chi connectivity index (χ3n) is 3.84. The number of thiazole rings is 1. The molecule has 0 aliphatic rings. The van der Waals surface area contributed by atoms with E-state index in [1.807, 2.05) is 35.7 Å². The van der Waals surface area contributed by atoms with Crippen LogP contribution in [-0.4, -0.2) is 16.6 Å². The minimum Gasteiger partial charge on any atom is -0.454 e. The lowest BCUT2D eigenvalue weighted by Gasteiger charge is -2.02. The van der Waals surface area contributed by atoms with Crippen molar-refractivity contribution in [3.63, 3.8) is 0 Å². The second-order valence-electron chi connectivity index (χ2n) is 5.79. The number of amides is 1. The molecule has 27 heavy (non-hydrogen) atoms. The van der Waals surface area contributed by atoms with Gasteiger partial charge in [0.1, 0.15) is 17.1 Å². The maximum absolute atomic E-state index is 12.9. The predicted molar refractivity (Wildman–Crippen MR) is 108 cm³/mol. The molecular formula is C20H15FN2O2S2. The summed E-state index contributed by atoms with van der Waals surface area (Å²) in [6.45, 7) is 0. The van der Waals surface area contributed by atoms with Crippen molar-refractivity contribution in [2.75, 3.05) is 11.1 Å². The molecule has 0 unspecified atom stereocenters. The number of hydrogen-bond donors (Lipinski definition) is 1. The van der Waals surface area contributed by atoms with Crippen LogP contribution in [0.1, 0.15) is 6.42 Å². The molecule has 136 valence electrons. The van der Waals surface area contributed by atoms with Gasteiger partial charge in [0.25, 0.3) is 0 Å². The topological polar surface area (TPSA) is 55.1 Å². The number of halogens is 1. The van der Waals surface area contributed by atoms with Gasteiger partial charge in [-0.25, -0.2) is 9.37 Å². The SMILES string of the molecule is O=C(CCSc1ccc(F)cc1)Nc1nc(-c2cc3ccccc3o2)cs1. The molecule has 0 bridgehead atoms. The van der Waals surface area contributed by atoms with Crippen LogP contribution < -0.4 is 5.32 Å². The first kappa shape index (κ1) is 17.8. The molecular weight excluding hydrogens is 383 g/mol. The van der Waals surface area contributed by atoms with Gasteiger partial charge in [-0.2, -0.15) is 0 Å². The summed E-state index contributed by atoms with van der Waals surface area (Å²) in [5.41, 5.74) is 1.51. The van der Waals surface area contributed by atoms with Gasteiger partial charge in [-0.1, -0.05) is 18.2 Å². The summed E-state index contributed by atoms with van der Waals surface area (Å²) >= 11 is 2.88. The third kappa shape index (κ3) is 4.37. The molecule has 4 rings (SSSR count). The van der Waals surface area contributed by atoms with E-state index < -0.39 is 0 Å². The zero-order valence-electron chi connectivity index (χ0n) is 14.1. The van der Waals surface area contributed by atoms with E-state index in [9.17, 15) is 9.18 Å². The summed E-state index contributed by atoms with van der Waals surface area (Å²) in [4.78, 5) is 17.5. The van der Waals surface area contributed by atoms with Crippen LogP contribution in [-0.2, 0) is 4.79 Å². The highest BCUT2D eigenvalue weighted by molar-refractivity contribution is 7.99. The minimum atomic E-state index is -0.263. The van der Waals surface area contributed by atoms with Gasteiger partial charge in [0.05, 0.1) is 0 Å². The standard InChI is InChI=1S/C20H15FN2O2S2/c21-14-5-7-15(8-6-14)26-10-9-19(24)23-20-22-16(12-27-20)18-11-13-3-1-2-4-17(13)25-18/h1-8,11-12H,9-10H2,(H,22,23,24). The summed E-state index contributed by atoms with van der Waals surface area (Å²) in [5, 5.41) is 6.24. The highest BCUT2D eigenvalue weighted by atomic mass is 32.2. The largest absolute Gasteiger partial charge is 0.454 e. The fourth-order valence-electron chi connectivity index (χ4n) is 2.53. The number of fused-ring (bicyclic) bond motifs is 1. The summed E-state index contributed by atoms with van der Waals surface area (Å²) in [6, 6.07) is 16.0. The van der Waals surface area contributed by atoms with Gasteiger partial charge >= 0.3 is 0 Å². The van der Waals surface area contributed by atoms with Gasteiger partial charge in [0.15, 0.2) is 10.9 Å². The first-order valence-electron chi connectivity index (χ1n) is 8.30. The lowest BCUT2D eigenvalue weighted by atomic mass is 10.2. The molecule has 2 heterocycles. The van der Waals surface area contributed by atoms with E-state index in [2.05, 4.69) is 10.3 Å². The summed E-state index contributed by atoms with van der Waals surface area (Å²) in [5.74, 6) is 0.926. The number of carbonyl (C=O) groups is 1. The summed E-state index contributed by atoms with van der Waals surface area (Å²) in [7, 11) is 0. The van der Waals surface area contributed by atoms with Crippen molar-refractivity contribution in [2.45, 2.75) is 11.3 Å². The molecule has 0 spiro atoms. The Morgan fingerprint density at radius 2 is 2.00 bits per heavy atom. The second kappa shape index (κ2) is 7.94. The van der Waals surface area contributed by atoms with E-state index in [0.717, 1.165) is 15.9 Å². The van der Waals surface area contributed by atoms with Crippen LogP contribution in [0.2, 0.25) is 0 Å². The molecule has 0 aliphatic carbocycles. The Balaban J connectivity index is 1.33. The molecule has 2 aromatic heterocycles. The van der Waals surface area contributed by atoms with Crippen LogP contribution in [0.5, 0.6) is 0 Å². The predicted octanol–water partition coefficient (Wildman–Crippen LogP) is 5.82. The third-order valence-corrected chi connectivity index (χ3v) is 5.61. The molecule has 7 heteroatoms. The zero-order valence-corrected chi connectivity index (χ0v) is 15.8. The van der Waals surface area contributed by atoms with Crippen molar-refractivity contribution in [1.29, 1.82) is 0 Å². The van der Waals surface area contributed by atoms with Crippen LogP contribution >= 0.6 is 23.1 Å². The van der Waals surface area contributed by atoms with Crippen molar-refractivity contribution >= 4 is 45.1 Å². The number of nitrogens with one attached hydrogen (secondary N) is 1. The quantitative estimate of drug-likeness (QED) is 0.416. The molecule has 0 radical (unpaired) electrons. The Morgan fingerprint density at radius 1 is 1.19 bits per heavy atom. The van der Waals surface area contributed by atoms with E-state index in [0.29, 0.717) is 28.8 Å². The van der Waals surface area contributed by atoms with Crippen molar-refractivity contribution < 1.29 is 13.6 Å². The maximum atomic E-state index is 12.9. The molecule has 0 saturated heterocycles. The lowest BCUT2D eigenvalue weighted by Crippen LogP contribution is -2.11. The fraction of sp³-hybridized carbons (Fsp3) is 0.100. The van der Waals surface area contributed by atoms with Crippen LogP contribution in [0.25, 0.3) is 22.4 Å². The number of para-hydroxylation sites is 1. The first-order valence-corrected chi connectivity index (χ1v) is 10.2. The Labute approximate surface area is 163 Å². The summed E-state index contributed by atoms with van der Waals surface area (Å²) < 4.78 is 18.7. The van der Waals surface area contributed by atoms with Crippen molar-refractivity contribution in [2.24, 2.45) is 0 Å². The van der Waals surface area contributed by atoms with Crippen LogP contribution in [0.15, 0.2) is 69.3 Å². The smallest absolute Gasteiger partial charge is 0.226 e. The Bertz CT molecular complexity index is 1040. The number of anilines is 1. The number of aromatic nitrogens is 1.